The van der Waals surface area contributed by atoms with Crippen LogP contribution in [0.15, 0.2) is 18.2 Å². The van der Waals surface area contributed by atoms with E-state index in [0.717, 1.165) is 0 Å². The van der Waals surface area contributed by atoms with Crippen molar-refractivity contribution in [2.75, 3.05) is 20.8 Å². The Hall–Kier alpha value is -2.15. The van der Waals surface area contributed by atoms with Crippen molar-refractivity contribution < 1.29 is 19.0 Å². The summed E-state index contributed by atoms with van der Waals surface area (Å²) in [4.78, 5) is 11.1. The van der Waals surface area contributed by atoms with Crippen LogP contribution in [-0.2, 0) is 9.53 Å². The monoisotopic (exact) mass is 234 g/mol. The Kier molecular flexibility index (Phi) is 4.89. The van der Waals surface area contributed by atoms with Gasteiger partial charge in [-0.2, -0.15) is 0 Å². The third kappa shape index (κ3) is 4.07. The van der Waals surface area contributed by atoms with Crippen molar-refractivity contribution in [2.24, 2.45) is 0 Å². The zero-order valence-corrected chi connectivity index (χ0v) is 10.1. The normalized spacial score (nSPS) is 8.88. The number of methoxy groups -OCH3 is 2. The maximum atomic E-state index is 11.1. The number of benzene rings is 1. The predicted molar refractivity (Wildman–Crippen MR) is 63.1 cm³/mol. The molecule has 0 fully saturated rings. The molecule has 1 rings (SSSR count). The summed E-state index contributed by atoms with van der Waals surface area (Å²) in [6, 6.07) is 5.17. The molecule has 1 aromatic carbocycles. The molecule has 0 spiro atoms. The molecule has 0 aliphatic heterocycles. The van der Waals surface area contributed by atoms with Gasteiger partial charge in [0.2, 0.25) is 0 Å². The largest absolute Gasteiger partial charge is 0.497 e. The summed E-state index contributed by atoms with van der Waals surface area (Å²) in [5.74, 6) is 5.77. The van der Waals surface area contributed by atoms with E-state index in [1.807, 2.05) is 0 Å². The average molecular weight is 234 g/mol. The second-order valence-corrected chi connectivity index (χ2v) is 3.07. The van der Waals surface area contributed by atoms with E-state index in [2.05, 4.69) is 11.8 Å². The molecule has 0 radical (unpaired) electrons. The molecule has 0 heterocycles. The molecule has 0 bridgehead atoms. The summed E-state index contributed by atoms with van der Waals surface area (Å²) in [5, 5.41) is 0. The Labute approximate surface area is 100 Å². The smallest absolute Gasteiger partial charge is 0.384 e. The molecule has 0 saturated heterocycles. The van der Waals surface area contributed by atoms with Crippen LogP contribution in [0.4, 0.5) is 0 Å². The van der Waals surface area contributed by atoms with Gasteiger partial charge < -0.3 is 14.2 Å². The van der Waals surface area contributed by atoms with Crippen LogP contribution in [0.2, 0.25) is 0 Å². The molecule has 0 aromatic heterocycles. The molecule has 0 aliphatic carbocycles. The van der Waals surface area contributed by atoms with Gasteiger partial charge in [0, 0.05) is 17.6 Å². The van der Waals surface area contributed by atoms with Crippen LogP contribution >= 0.6 is 0 Å². The molecule has 90 valence electrons. The Morgan fingerprint density at radius 1 is 1.18 bits per heavy atom. The Bertz CT molecular complexity index is 432. The number of carbonyl (C=O) groups excluding carboxylic acids is 1. The van der Waals surface area contributed by atoms with Crippen molar-refractivity contribution in [3.05, 3.63) is 23.8 Å². The Morgan fingerprint density at radius 2 is 1.76 bits per heavy atom. The first-order valence-corrected chi connectivity index (χ1v) is 5.11. The number of rotatable bonds is 3. The van der Waals surface area contributed by atoms with E-state index < -0.39 is 5.97 Å². The lowest BCUT2D eigenvalue weighted by Crippen LogP contribution is -1.99. The lowest BCUT2D eigenvalue weighted by molar-refractivity contribution is -0.136. The molecular formula is C13H14O4. The minimum atomic E-state index is -0.547. The first kappa shape index (κ1) is 12.9. The molecule has 0 aliphatic rings. The average Bonchev–Trinajstić information content (AvgIpc) is 2.36. The zero-order valence-electron chi connectivity index (χ0n) is 10.1. The van der Waals surface area contributed by atoms with Gasteiger partial charge in [-0.1, -0.05) is 5.92 Å². The topological polar surface area (TPSA) is 44.8 Å². The van der Waals surface area contributed by atoms with Gasteiger partial charge in [0.25, 0.3) is 0 Å². The van der Waals surface area contributed by atoms with Crippen LogP contribution in [0.25, 0.3) is 0 Å². The highest BCUT2D eigenvalue weighted by Gasteiger charge is 2.00. The summed E-state index contributed by atoms with van der Waals surface area (Å²) in [7, 11) is 3.11. The van der Waals surface area contributed by atoms with Crippen molar-refractivity contribution in [2.45, 2.75) is 6.92 Å². The summed E-state index contributed by atoms with van der Waals surface area (Å²) in [5.41, 5.74) is 0.634. The van der Waals surface area contributed by atoms with E-state index in [-0.39, 0.29) is 0 Å². The van der Waals surface area contributed by atoms with Crippen molar-refractivity contribution in [3.63, 3.8) is 0 Å². The third-order valence-electron chi connectivity index (χ3n) is 1.94. The SMILES string of the molecule is CCOC(=O)C#Cc1cc(OC)cc(OC)c1. The van der Waals surface area contributed by atoms with Crippen LogP contribution in [0.1, 0.15) is 12.5 Å². The summed E-state index contributed by atoms with van der Waals surface area (Å²) >= 11 is 0. The summed E-state index contributed by atoms with van der Waals surface area (Å²) in [6.45, 7) is 2.04. The Balaban J connectivity index is 2.93. The number of esters is 1. The number of hydrogen-bond acceptors (Lipinski definition) is 4. The first-order valence-electron chi connectivity index (χ1n) is 5.11. The van der Waals surface area contributed by atoms with Gasteiger partial charge in [0.1, 0.15) is 11.5 Å². The van der Waals surface area contributed by atoms with Gasteiger partial charge in [0.15, 0.2) is 0 Å². The third-order valence-corrected chi connectivity index (χ3v) is 1.94. The van der Waals surface area contributed by atoms with Gasteiger partial charge in [0.05, 0.1) is 20.8 Å². The van der Waals surface area contributed by atoms with Crippen LogP contribution in [-0.4, -0.2) is 26.8 Å². The second kappa shape index (κ2) is 6.44. The van der Waals surface area contributed by atoms with E-state index >= 15 is 0 Å². The van der Waals surface area contributed by atoms with Gasteiger partial charge in [-0.05, 0) is 19.1 Å². The fourth-order valence-electron chi connectivity index (χ4n) is 1.17. The van der Waals surface area contributed by atoms with Crippen LogP contribution in [0.3, 0.4) is 0 Å². The van der Waals surface area contributed by atoms with E-state index in [1.54, 1.807) is 39.3 Å². The van der Waals surface area contributed by atoms with Crippen molar-refractivity contribution in [3.8, 4) is 23.3 Å². The molecular weight excluding hydrogens is 220 g/mol. The lowest BCUT2D eigenvalue weighted by atomic mass is 10.2. The molecule has 0 amide bonds. The fourth-order valence-corrected chi connectivity index (χ4v) is 1.17. The highest BCUT2D eigenvalue weighted by atomic mass is 16.5. The van der Waals surface area contributed by atoms with Gasteiger partial charge >= 0.3 is 5.97 Å². The van der Waals surface area contributed by atoms with Gasteiger partial charge in [-0.3, -0.25) is 0 Å². The zero-order chi connectivity index (χ0) is 12.7. The molecule has 0 N–H and O–H groups in total. The Morgan fingerprint density at radius 3 is 2.24 bits per heavy atom. The van der Waals surface area contributed by atoms with E-state index in [1.165, 1.54) is 0 Å². The quantitative estimate of drug-likeness (QED) is 0.589. The van der Waals surface area contributed by atoms with Crippen molar-refractivity contribution >= 4 is 5.97 Å². The summed E-state index contributed by atoms with van der Waals surface area (Å²) < 4.78 is 14.9. The lowest BCUT2D eigenvalue weighted by Gasteiger charge is -2.04. The highest BCUT2D eigenvalue weighted by molar-refractivity contribution is 5.89. The molecule has 0 saturated carbocycles. The fraction of sp³-hybridized carbons (Fsp3) is 0.308. The maximum absolute atomic E-state index is 11.1. The molecule has 17 heavy (non-hydrogen) atoms. The number of carbonyl (C=O) groups is 1. The van der Waals surface area contributed by atoms with Gasteiger partial charge in [-0.25, -0.2) is 4.79 Å². The minimum absolute atomic E-state index is 0.314. The minimum Gasteiger partial charge on any atom is -0.497 e. The second-order valence-electron chi connectivity index (χ2n) is 3.07. The van der Waals surface area contributed by atoms with E-state index in [0.29, 0.717) is 23.7 Å². The predicted octanol–water partition coefficient (Wildman–Crippen LogP) is 1.62. The molecule has 0 atom stereocenters. The van der Waals surface area contributed by atoms with E-state index in [9.17, 15) is 4.79 Å². The maximum Gasteiger partial charge on any atom is 0.384 e. The number of ether oxygens (including phenoxy) is 3. The van der Waals surface area contributed by atoms with Gasteiger partial charge in [-0.15, -0.1) is 0 Å². The highest BCUT2D eigenvalue weighted by Crippen LogP contribution is 2.21. The first-order chi connectivity index (χ1) is 8.19. The van der Waals surface area contributed by atoms with Crippen LogP contribution in [0, 0.1) is 11.8 Å². The molecule has 4 heteroatoms. The van der Waals surface area contributed by atoms with E-state index in [4.69, 9.17) is 14.2 Å². The standard InChI is InChI=1S/C13H14O4/c1-4-17-13(14)6-5-10-7-11(15-2)9-12(8-10)16-3/h7-9H,4H2,1-3H3. The van der Waals surface area contributed by atoms with Crippen LogP contribution < -0.4 is 9.47 Å². The molecule has 1 aromatic rings. The number of hydrogen-bond donors (Lipinski definition) is 0. The van der Waals surface area contributed by atoms with Crippen LogP contribution in [0.5, 0.6) is 11.5 Å². The summed E-state index contributed by atoms with van der Waals surface area (Å²) in [6.07, 6.45) is 0. The van der Waals surface area contributed by atoms with Crippen molar-refractivity contribution in [1.29, 1.82) is 0 Å². The molecule has 4 nitrogen and oxygen atoms in total. The van der Waals surface area contributed by atoms with Crippen molar-refractivity contribution in [1.82, 2.24) is 0 Å². The molecule has 0 unspecified atom stereocenters.